The van der Waals surface area contributed by atoms with E-state index in [9.17, 15) is 0 Å². The molecule has 2 rings (SSSR count). The third-order valence-corrected chi connectivity index (χ3v) is 2.52. The van der Waals surface area contributed by atoms with E-state index in [0.717, 1.165) is 22.3 Å². The third kappa shape index (κ3) is 1.75. The molecule has 0 aliphatic rings. The minimum atomic E-state index is 0.528. The Bertz CT molecular complexity index is 439. The van der Waals surface area contributed by atoms with Gasteiger partial charge in [-0.2, -0.15) is 0 Å². The Kier molecular flexibility index (Phi) is 2.72. The molecule has 1 heterocycles. The van der Waals surface area contributed by atoms with Crippen molar-refractivity contribution in [3.05, 3.63) is 35.0 Å². The van der Waals surface area contributed by atoms with Crippen molar-refractivity contribution in [3.8, 4) is 0 Å². The number of benzene rings is 1. The summed E-state index contributed by atoms with van der Waals surface area (Å²) in [5.41, 5.74) is 2.23. The maximum absolute atomic E-state index is 5.95. The topological polar surface area (TPSA) is 51.0 Å². The number of rotatable bonds is 3. The average Bonchev–Trinajstić information content (AvgIpc) is 2.57. The van der Waals surface area contributed by atoms with Crippen LogP contribution < -0.4 is 5.90 Å². The van der Waals surface area contributed by atoms with E-state index in [4.69, 9.17) is 17.5 Å². The zero-order chi connectivity index (χ0) is 9.97. The maximum Gasteiger partial charge on any atom is 0.0719 e. The van der Waals surface area contributed by atoms with Gasteiger partial charge < -0.3 is 9.82 Å². The zero-order valence-corrected chi connectivity index (χ0v) is 8.34. The Morgan fingerprint density at radius 3 is 3.07 bits per heavy atom. The van der Waals surface area contributed by atoms with Crippen molar-refractivity contribution in [2.24, 2.45) is 5.90 Å². The second-order valence-corrected chi connectivity index (χ2v) is 3.54. The van der Waals surface area contributed by atoms with Crippen molar-refractivity contribution in [3.63, 3.8) is 0 Å². The molecule has 0 fully saturated rings. The predicted octanol–water partition coefficient (Wildman–Crippen LogP) is 2.25. The fraction of sp³-hybridized carbons (Fsp3) is 0.200. The summed E-state index contributed by atoms with van der Waals surface area (Å²) in [5, 5.41) is 1.80. The number of fused-ring (bicyclic) bond motifs is 1. The van der Waals surface area contributed by atoms with Gasteiger partial charge in [-0.15, -0.1) is 0 Å². The van der Waals surface area contributed by atoms with Crippen molar-refractivity contribution in [1.82, 2.24) is 4.98 Å². The van der Waals surface area contributed by atoms with Gasteiger partial charge in [0.1, 0.15) is 0 Å². The zero-order valence-electron chi connectivity index (χ0n) is 7.59. The molecule has 4 heteroatoms. The molecule has 74 valence electrons. The highest BCUT2D eigenvalue weighted by Crippen LogP contribution is 2.23. The van der Waals surface area contributed by atoms with Gasteiger partial charge in [-0.3, -0.25) is 0 Å². The number of nitrogens with two attached hydrogens (primary N) is 1. The van der Waals surface area contributed by atoms with Crippen molar-refractivity contribution in [2.75, 3.05) is 6.61 Å². The van der Waals surface area contributed by atoms with E-state index in [1.165, 1.54) is 5.56 Å². The lowest BCUT2D eigenvalue weighted by Gasteiger charge is -1.99. The van der Waals surface area contributed by atoms with Crippen molar-refractivity contribution >= 4 is 22.5 Å². The SMILES string of the molecule is NOCCc1ccc2c(Cl)c[nH]c2c1. The predicted molar refractivity (Wildman–Crippen MR) is 57.2 cm³/mol. The first-order valence-electron chi connectivity index (χ1n) is 4.38. The molecule has 1 aromatic heterocycles. The standard InChI is InChI=1S/C10H11ClN2O/c11-9-6-13-10-5-7(3-4-14-12)1-2-8(9)10/h1-2,5-6,13H,3-4,12H2. The van der Waals surface area contributed by atoms with Crippen molar-refractivity contribution < 1.29 is 4.84 Å². The molecule has 0 bridgehead atoms. The van der Waals surface area contributed by atoms with Crippen LogP contribution in [0.1, 0.15) is 5.56 Å². The first-order valence-corrected chi connectivity index (χ1v) is 4.76. The first kappa shape index (κ1) is 9.52. The highest BCUT2D eigenvalue weighted by Gasteiger charge is 2.01. The molecule has 0 atom stereocenters. The summed E-state index contributed by atoms with van der Waals surface area (Å²) in [7, 11) is 0. The fourth-order valence-electron chi connectivity index (χ4n) is 1.47. The molecule has 0 amide bonds. The molecule has 3 nitrogen and oxygen atoms in total. The van der Waals surface area contributed by atoms with Crippen LogP contribution in [0.2, 0.25) is 5.02 Å². The Morgan fingerprint density at radius 2 is 2.29 bits per heavy atom. The molecule has 0 spiro atoms. The Labute approximate surface area is 86.8 Å². The molecule has 0 saturated carbocycles. The van der Waals surface area contributed by atoms with Gasteiger partial charge in [-0.05, 0) is 18.1 Å². The van der Waals surface area contributed by atoms with E-state index in [-0.39, 0.29) is 0 Å². The van der Waals surface area contributed by atoms with Crippen LogP contribution in [0.25, 0.3) is 10.9 Å². The lowest BCUT2D eigenvalue weighted by Crippen LogP contribution is -2.03. The molecule has 0 saturated heterocycles. The summed E-state index contributed by atoms with van der Waals surface area (Å²) >= 11 is 5.95. The highest BCUT2D eigenvalue weighted by molar-refractivity contribution is 6.35. The minimum Gasteiger partial charge on any atom is -0.360 e. The summed E-state index contributed by atoms with van der Waals surface area (Å²) in [6.45, 7) is 0.528. The Balaban J connectivity index is 2.32. The van der Waals surface area contributed by atoms with Gasteiger partial charge >= 0.3 is 0 Å². The monoisotopic (exact) mass is 210 g/mol. The van der Waals surface area contributed by atoms with Crippen LogP contribution in [0.5, 0.6) is 0 Å². The van der Waals surface area contributed by atoms with Gasteiger partial charge in [0.05, 0.1) is 11.6 Å². The number of hydrogen-bond donors (Lipinski definition) is 2. The van der Waals surface area contributed by atoms with Gasteiger partial charge in [-0.1, -0.05) is 23.7 Å². The molecule has 0 aliphatic heterocycles. The van der Waals surface area contributed by atoms with Gasteiger partial charge in [0, 0.05) is 17.1 Å². The number of nitrogens with one attached hydrogen (secondary N) is 1. The number of H-pyrrole nitrogens is 1. The summed E-state index contributed by atoms with van der Waals surface area (Å²) in [4.78, 5) is 7.63. The summed E-state index contributed by atoms with van der Waals surface area (Å²) in [6.07, 6.45) is 2.60. The average molecular weight is 211 g/mol. The van der Waals surface area contributed by atoms with E-state index in [0.29, 0.717) is 6.61 Å². The molecule has 2 aromatic rings. The Hall–Kier alpha value is -1.03. The van der Waals surface area contributed by atoms with Crippen LogP contribution in [-0.4, -0.2) is 11.6 Å². The van der Waals surface area contributed by atoms with E-state index in [2.05, 4.69) is 15.9 Å². The van der Waals surface area contributed by atoms with E-state index >= 15 is 0 Å². The van der Waals surface area contributed by atoms with E-state index in [1.54, 1.807) is 6.20 Å². The van der Waals surface area contributed by atoms with Crippen LogP contribution >= 0.6 is 11.6 Å². The molecule has 3 N–H and O–H groups in total. The van der Waals surface area contributed by atoms with Crippen molar-refractivity contribution in [2.45, 2.75) is 6.42 Å². The second-order valence-electron chi connectivity index (χ2n) is 3.14. The van der Waals surface area contributed by atoms with Crippen LogP contribution in [0.3, 0.4) is 0 Å². The molecular formula is C10H11ClN2O. The van der Waals surface area contributed by atoms with Crippen LogP contribution in [0.4, 0.5) is 0 Å². The number of halogens is 1. The third-order valence-electron chi connectivity index (χ3n) is 2.20. The fourth-order valence-corrected chi connectivity index (χ4v) is 1.69. The van der Waals surface area contributed by atoms with Crippen LogP contribution in [0, 0.1) is 0 Å². The van der Waals surface area contributed by atoms with Crippen LogP contribution in [-0.2, 0) is 11.3 Å². The van der Waals surface area contributed by atoms with E-state index < -0.39 is 0 Å². The van der Waals surface area contributed by atoms with Gasteiger partial charge in [-0.25, -0.2) is 5.90 Å². The molecule has 0 unspecified atom stereocenters. The molecule has 0 radical (unpaired) electrons. The largest absolute Gasteiger partial charge is 0.360 e. The first-order chi connectivity index (χ1) is 6.81. The quantitative estimate of drug-likeness (QED) is 0.764. The van der Waals surface area contributed by atoms with Crippen LogP contribution in [0.15, 0.2) is 24.4 Å². The number of aromatic nitrogens is 1. The lowest BCUT2D eigenvalue weighted by molar-refractivity contribution is 0.141. The van der Waals surface area contributed by atoms with Crippen molar-refractivity contribution in [1.29, 1.82) is 0 Å². The van der Waals surface area contributed by atoms with Gasteiger partial charge in [0.15, 0.2) is 0 Å². The summed E-state index contributed by atoms with van der Waals surface area (Å²) in [5.74, 6) is 4.96. The summed E-state index contributed by atoms with van der Waals surface area (Å²) in [6, 6.07) is 6.08. The lowest BCUT2D eigenvalue weighted by atomic mass is 10.1. The second kappa shape index (κ2) is 4.00. The van der Waals surface area contributed by atoms with Gasteiger partial charge in [0.25, 0.3) is 0 Å². The normalized spacial score (nSPS) is 11.0. The molecule has 14 heavy (non-hydrogen) atoms. The molecule has 0 aliphatic carbocycles. The Morgan fingerprint density at radius 1 is 1.43 bits per heavy atom. The minimum absolute atomic E-state index is 0.528. The highest BCUT2D eigenvalue weighted by atomic mass is 35.5. The maximum atomic E-state index is 5.95. The smallest absolute Gasteiger partial charge is 0.0719 e. The number of hydrogen-bond acceptors (Lipinski definition) is 2. The summed E-state index contributed by atoms with van der Waals surface area (Å²) < 4.78 is 0. The van der Waals surface area contributed by atoms with E-state index in [1.807, 2.05) is 12.1 Å². The van der Waals surface area contributed by atoms with Gasteiger partial charge in [0.2, 0.25) is 0 Å². The molecular weight excluding hydrogens is 200 g/mol. The molecule has 1 aromatic carbocycles. The number of aromatic amines is 1.